The van der Waals surface area contributed by atoms with Crippen LogP contribution in [0.15, 0.2) is 39.1 Å². The molecule has 3 rings (SSSR count). The largest absolute Gasteiger partial charge is 0.334 e. The molecular weight excluding hydrogens is 388 g/mol. The molecule has 0 atom stereocenters. The number of hydrogen-bond donors (Lipinski definition) is 1. The highest BCUT2D eigenvalue weighted by Gasteiger charge is 2.37. The van der Waals surface area contributed by atoms with Gasteiger partial charge in [0.15, 0.2) is 0 Å². The number of para-hydroxylation sites is 1. The minimum atomic E-state index is -4.01. The Hall–Kier alpha value is -1.07. The summed E-state index contributed by atoms with van der Waals surface area (Å²) in [6.45, 7) is 0.382. The number of fused-ring (bicyclic) bond motifs is 1. The topological polar surface area (TPSA) is 77.9 Å². The molecule has 1 fully saturated rings. The zero-order chi connectivity index (χ0) is 17.5. The molecule has 128 valence electrons. The van der Waals surface area contributed by atoms with Crippen molar-refractivity contribution in [3.05, 3.63) is 34.2 Å². The highest BCUT2D eigenvalue weighted by atomic mass is 32.2. The van der Waals surface area contributed by atoms with E-state index < -0.39 is 10.1 Å². The summed E-state index contributed by atoms with van der Waals surface area (Å²) >= 11 is 7.91. The monoisotopic (exact) mass is 402 g/mol. The van der Waals surface area contributed by atoms with Crippen molar-refractivity contribution in [2.24, 2.45) is 0 Å². The molecule has 0 aliphatic carbocycles. The molecule has 1 aromatic rings. The van der Waals surface area contributed by atoms with Crippen molar-refractivity contribution in [2.45, 2.75) is 11.3 Å². The maximum atomic E-state index is 12.4. The van der Waals surface area contributed by atoms with E-state index >= 15 is 0 Å². The van der Waals surface area contributed by atoms with Crippen LogP contribution in [0.25, 0.3) is 0 Å². The van der Waals surface area contributed by atoms with Gasteiger partial charge in [0.25, 0.3) is 16.0 Å². The molecule has 0 unspecified atom stereocenters. The summed E-state index contributed by atoms with van der Waals surface area (Å²) in [5.74, 6) is -0.474. The number of carbonyl (C=O) groups excluding carboxylic acids is 1. The highest BCUT2D eigenvalue weighted by Crippen LogP contribution is 2.50. The zero-order valence-electron chi connectivity index (χ0n) is 12.6. The number of carbonyl (C=O) groups is 1. The normalized spacial score (nSPS) is 20.9. The van der Waals surface area contributed by atoms with E-state index in [4.69, 9.17) is 16.8 Å². The van der Waals surface area contributed by atoms with Gasteiger partial charge < -0.3 is 4.90 Å². The Morgan fingerprint density at radius 1 is 1.25 bits per heavy atom. The fourth-order valence-electron chi connectivity index (χ4n) is 2.40. The van der Waals surface area contributed by atoms with Gasteiger partial charge in [0, 0.05) is 18.5 Å². The van der Waals surface area contributed by atoms with E-state index in [1.807, 2.05) is 29.2 Å². The lowest BCUT2D eigenvalue weighted by atomic mass is 10.3. The Morgan fingerprint density at radius 3 is 2.58 bits per heavy atom. The standard InChI is InChI=1S/C14H14N2O4S4/c1-15-12(17)11(23-14(15)21)13-16(7-4-8-24(18,19)20)9-5-2-3-6-10(9)22-13/h2-3,5-6H,4,7-8H2,1H3,(H,18,19,20)/b13-11+. The first-order chi connectivity index (χ1) is 11.3. The second-order valence-electron chi connectivity index (χ2n) is 5.23. The predicted octanol–water partition coefficient (Wildman–Crippen LogP) is 2.54. The molecular formula is C14H14N2O4S4. The third-order valence-corrected chi connectivity index (χ3v) is 7.21. The SMILES string of the molecule is CN1C(=O)/C(=C2\Sc3ccccc3N2CCCS(=O)(=O)O)SC1=S. The summed E-state index contributed by atoms with van der Waals surface area (Å²) in [5.41, 5.74) is 0.925. The summed E-state index contributed by atoms with van der Waals surface area (Å²) in [6.07, 6.45) is 0.254. The fraction of sp³-hybridized carbons (Fsp3) is 0.286. The van der Waals surface area contributed by atoms with Crippen LogP contribution < -0.4 is 4.90 Å². The zero-order valence-corrected chi connectivity index (χ0v) is 15.9. The van der Waals surface area contributed by atoms with Crippen LogP contribution in [0.5, 0.6) is 0 Å². The number of likely N-dealkylation sites (N-methyl/N-ethyl adjacent to an activating group) is 1. The first-order valence-corrected chi connectivity index (χ1v) is 10.7. The van der Waals surface area contributed by atoms with E-state index in [2.05, 4.69) is 0 Å². The molecule has 24 heavy (non-hydrogen) atoms. The van der Waals surface area contributed by atoms with Crippen LogP contribution in [-0.2, 0) is 14.9 Å². The van der Waals surface area contributed by atoms with Crippen molar-refractivity contribution in [1.82, 2.24) is 4.90 Å². The summed E-state index contributed by atoms with van der Waals surface area (Å²) in [7, 11) is -2.37. The van der Waals surface area contributed by atoms with Gasteiger partial charge in [-0.3, -0.25) is 14.2 Å². The summed E-state index contributed by atoms with van der Waals surface area (Å²) in [6, 6.07) is 7.68. The molecule has 10 heteroatoms. The van der Waals surface area contributed by atoms with Gasteiger partial charge in [-0.2, -0.15) is 8.42 Å². The minimum absolute atomic E-state index is 0.153. The molecule has 1 aromatic carbocycles. The van der Waals surface area contributed by atoms with E-state index in [0.29, 0.717) is 15.8 Å². The van der Waals surface area contributed by atoms with E-state index in [9.17, 15) is 13.2 Å². The molecule has 1 N–H and O–H groups in total. The molecule has 0 saturated carbocycles. The Labute approximate surface area is 154 Å². The average Bonchev–Trinajstić information content (AvgIpc) is 2.99. The highest BCUT2D eigenvalue weighted by molar-refractivity contribution is 8.27. The van der Waals surface area contributed by atoms with Crippen LogP contribution in [0.3, 0.4) is 0 Å². The molecule has 1 saturated heterocycles. The third-order valence-electron chi connectivity index (χ3n) is 3.55. The van der Waals surface area contributed by atoms with Crippen LogP contribution in [-0.4, -0.2) is 47.4 Å². The lowest BCUT2D eigenvalue weighted by molar-refractivity contribution is -0.121. The average molecular weight is 403 g/mol. The van der Waals surface area contributed by atoms with Crippen molar-refractivity contribution >= 4 is 61.8 Å². The predicted molar refractivity (Wildman–Crippen MR) is 101 cm³/mol. The maximum absolute atomic E-state index is 12.4. The second kappa shape index (κ2) is 6.68. The van der Waals surface area contributed by atoms with Crippen molar-refractivity contribution in [3.8, 4) is 0 Å². The van der Waals surface area contributed by atoms with Crippen LogP contribution in [0.2, 0.25) is 0 Å². The van der Waals surface area contributed by atoms with Crippen LogP contribution >= 0.6 is 35.7 Å². The molecule has 1 amide bonds. The number of anilines is 1. The Balaban J connectivity index is 1.94. The number of amides is 1. The van der Waals surface area contributed by atoms with E-state index in [1.54, 1.807) is 7.05 Å². The maximum Gasteiger partial charge on any atom is 0.268 e. The lowest BCUT2D eigenvalue weighted by Gasteiger charge is -2.21. The number of thiocarbonyl (C=S) groups is 1. The van der Waals surface area contributed by atoms with Crippen molar-refractivity contribution < 1.29 is 17.8 Å². The second-order valence-corrected chi connectivity index (χ2v) is 9.47. The Morgan fingerprint density at radius 2 is 1.96 bits per heavy atom. The molecule has 6 nitrogen and oxygen atoms in total. The number of benzene rings is 1. The van der Waals surface area contributed by atoms with E-state index in [1.165, 1.54) is 28.4 Å². The molecule has 0 bridgehead atoms. The van der Waals surface area contributed by atoms with Gasteiger partial charge >= 0.3 is 0 Å². The van der Waals surface area contributed by atoms with Crippen molar-refractivity contribution in [3.63, 3.8) is 0 Å². The number of thioether (sulfide) groups is 2. The molecule has 0 radical (unpaired) electrons. The van der Waals surface area contributed by atoms with Gasteiger partial charge in [0.2, 0.25) is 0 Å². The van der Waals surface area contributed by atoms with Crippen molar-refractivity contribution in [2.75, 3.05) is 24.2 Å². The molecule has 2 heterocycles. The van der Waals surface area contributed by atoms with E-state index in [0.717, 1.165) is 15.6 Å². The summed E-state index contributed by atoms with van der Waals surface area (Å²) < 4.78 is 31.4. The molecule has 0 aromatic heterocycles. The van der Waals surface area contributed by atoms with Gasteiger partial charge in [0.05, 0.1) is 11.4 Å². The number of nitrogens with zero attached hydrogens (tertiary/aromatic N) is 2. The summed E-state index contributed by atoms with van der Waals surface area (Å²) in [5, 5.41) is 0.758. The number of rotatable bonds is 4. The Kier molecular flexibility index (Phi) is 4.94. The third kappa shape index (κ3) is 3.47. The molecule has 2 aliphatic heterocycles. The van der Waals surface area contributed by atoms with E-state index in [-0.39, 0.29) is 18.1 Å². The fourth-order valence-corrected chi connectivity index (χ4v) is 5.41. The first-order valence-electron chi connectivity index (χ1n) is 7.01. The van der Waals surface area contributed by atoms with Crippen LogP contribution in [0.4, 0.5) is 5.69 Å². The van der Waals surface area contributed by atoms with Gasteiger partial charge in [-0.15, -0.1) is 0 Å². The summed E-state index contributed by atoms with van der Waals surface area (Å²) in [4.78, 5) is 17.3. The molecule has 2 aliphatic rings. The Bertz CT molecular complexity index is 850. The quantitative estimate of drug-likeness (QED) is 0.468. The van der Waals surface area contributed by atoms with Gasteiger partial charge in [-0.1, -0.05) is 47.9 Å². The lowest BCUT2D eigenvalue weighted by Crippen LogP contribution is -2.26. The molecule has 0 spiro atoms. The van der Waals surface area contributed by atoms with Crippen LogP contribution in [0, 0.1) is 0 Å². The van der Waals surface area contributed by atoms with Gasteiger partial charge in [0.1, 0.15) is 14.3 Å². The van der Waals surface area contributed by atoms with Crippen molar-refractivity contribution in [1.29, 1.82) is 0 Å². The van der Waals surface area contributed by atoms with Crippen LogP contribution in [0.1, 0.15) is 6.42 Å². The van der Waals surface area contributed by atoms with Gasteiger partial charge in [-0.25, -0.2) is 0 Å². The number of hydrogen-bond acceptors (Lipinski definition) is 7. The first kappa shape index (κ1) is 17.7. The van der Waals surface area contributed by atoms with Gasteiger partial charge in [-0.05, 0) is 18.6 Å². The minimum Gasteiger partial charge on any atom is -0.334 e. The smallest absolute Gasteiger partial charge is 0.268 e.